The van der Waals surface area contributed by atoms with Crippen LogP contribution >= 0.6 is 11.3 Å². The molecule has 0 saturated carbocycles. The summed E-state index contributed by atoms with van der Waals surface area (Å²) in [7, 11) is 0. The quantitative estimate of drug-likeness (QED) is 0.227. The number of benzene rings is 2. The van der Waals surface area contributed by atoms with E-state index in [2.05, 4.69) is 9.89 Å². The van der Waals surface area contributed by atoms with Crippen LogP contribution in [0, 0.1) is 10.1 Å². The van der Waals surface area contributed by atoms with Crippen LogP contribution in [0.3, 0.4) is 0 Å². The lowest BCUT2D eigenvalue weighted by Crippen LogP contribution is -2.40. The summed E-state index contributed by atoms with van der Waals surface area (Å²) in [5.41, 5.74) is 2.32. The maximum atomic E-state index is 14.0. The number of hydrogen-bond donors (Lipinski definition) is 0. The first-order valence-electron chi connectivity index (χ1n) is 13.4. The number of carbonyl (C=O) groups excluding carboxylic acids is 1. The van der Waals surface area contributed by atoms with Crippen molar-refractivity contribution in [2.75, 3.05) is 44.4 Å². The molecule has 11 nitrogen and oxygen atoms in total. The number of anilines is 1. The van der Waals surface area contributed by atoms with Gasteiger partial charge in [-0.15, -0.1) is 0 Å². The van der Waals surface area contributed by atoms with Crippen LogP contribution in [-0.4, -0.2) is 55.0 Å². The number of nitrogens with zero attached hydrogens (tertiary/aromatic N) is 4. The molecule has 0 radical (unpaired) electrons. The Kier molecular flexibility index (Phi) is 8.31. The van der Waals surface area contributed by atoms with Crippen LogP contribution < -0.4 is 24.5 Å². The Morgan fingerprint density at radius 2 is 1.90 bits per heavy atom. The second-order valence-electron chi connectivity index (χ2n) is 9.40. The SMILES string of the molecule is CCOC(=O)C1=C(C)N=c2s/c(=C/c3cc([N+](=O)[O-])ccc3N3CCOCC3)c(=O)n2[C@H]1c1ccc(OCC)cc1. The molecule has 1 saturated heterocycles. The molecule has 3 aromatic rings. The molecule has 0 amide bonds. The third-order valence-electron chi connectivity index (χ3n) is 6.88. The van der Waals surface area contributed by atoms with Gasteiger partial charge in [-0.3, -0.25) is 19.5 Å². The number of carbonyl (C=O) groups is 1. The predicted octanol–water partition coefficient (Wildman–Crippen LogP) is 2.94. The van der Waals surface area contributed by atoms with Crippen molar-refractivity contribution in [2.24, 2.45) is 4.99 Å². The summed E-state index contributed by atoms with van der Waals surface area (Å²) in [5.74, 6) is 0.124. The van der Waals surface area contributed by atoms with Crippen LogP contribution in [0.4, 0.5) is 11.4 Å². The zero-order chi connectivity index (χ0) is 29.1. The van der Waals surface area contributed by atoms with Crippen molar-refractivity contribution in [3.8, 4) is 5.75 Å². The Morgan fingerprint density at radius 3 is 2.56 bits per heavy atom. The van der Waals surface area contributed by atoms with Gasteiger partial charge in [0.05, 0.1) is 53.2 Å². The molecule has 2 aromatic carbocycles. The Labute approximate surface area is 239 Å². The number of non-ortho nitro benzene ring substituents is 1. The average molecular weight is 579 g/mol. The molecule has 2 aliphatic heterocycles. The standard InChI is InChI=1S/C29H30N4O7S/c1-4-39-22-9-6-19(7-10-22)26-25(28(35)40-5-2)18(3)30-29-32(26)27(34)24(41-29)17-20-16-21(33(36)37)8-11-23(20)31-12-14-38-15-13-31/h6-11,16-17,26H,4-5,12-15H2,1-3H3/b24-17+/t26-/m0/s1. The third kappa shape index (κ3) is 5.66. The molecule has 1 fully saturated rings. The van der Waals surface area contributed by atoms with Crippen LogP contribution in [0.5, 0.6) is 5.75 Å². The number of rotatable bonds is 8. The molecule has 3 heterocycles. The van der Waals surface area contributed by atoms with E-state index in [1.165, 1.54) is 28.0 Å². The van der Waals surface area contributed by atoms with Gasteiger partial charge < -0.3 is 19.1 Å². The maximum absolute atomic E-state index is 14.0. The van der Waals surface area contributed by atoms with E-state index in [1.807, 2.05) is 19.1 Å². The first-order valence-corrected chi connectivity index (χ1v) is 14.2. The number of nitro benzene ring substituents is 1. The van der Waals surface area contributed by atoms with Crippen LogP contribution in [0.15, 0.2) is 63.5 Å². The molecule has 1 aromatic heterocycles. The third-order valence-corrected chi connectivity index (χ3v) is 7.87. The Hall–Kier alpha value is -4.29. The maximum Gasteiger partial charge on any atom is 0.338 e. The number of allylic oxidation sites excluding steroid dienone is 1. The van der Waals surface area contributed by atoms with Gasteiger partial charge in [-0.1, -0.05) is 23.5 Å². The molecule has 0 unspecified atom stereocenters. The number of morpholine rings is 1. The molecule has 5 rings (SSSR count). The molecule has 12 heteroatoms. The minimum absolute atomic E-state index is 0.0752. The fourth-order valence-electron chi connectivity index (χ4n) is 5.02. The Morgan fingerprint density at radius 1 is 1.17 bits per heavy atom. The van der Waals surface area contributed by atoms with Gasteiger partial charge in [-0.25, -0.2) is 9.79 Å². The van der Waals surface area contributed by atoms with Crippen LogP contribution in [0.2, 0.25) is 0 Å². The van der Waals surface area contributed by atoms with E-state index in [9.17, 15) is 19.7 Å². The van der Waals surface area contributed by atoms with Gasteiger partial charge in [0.15, 0.2) is 4.80 Å². The molecule has 0 bridgehead atoms. The van der Waals surface area contributed by atoms with Gasteiger partial charge in [0.2, 0.25) is 0 Å². The molecule has 41 heavy (non-hydrogen) atoms. The number of nitro groups is 1. The van der Waals surface area contributed by atoms with Gasteiger partial charge in [-0.2, -0.15) is 0 Å². The average Bonchev–Trinajstić information content (AvgIpc) is 3.27. The summed E-state index contributed by atoms with van der Waals surface area (Å²) < 4.78 is 18.3. The number of esters is 1. The topological polar surface area (TPSA) is 126 Å². The van der Waals surface area contributed by atoms with E-state index in [0.717, 1.165) is 5.69 Å². The lowest BCUT2D eigenvalue weighted by Gasteiger charge is -2.30. The van der Waals surface area contributed by atoms with Crippen molar-refractivity contribution in [1.29, 1.82) is 0 Å². The molecule has 2 aliphatic rings. The zero-order valence-corrected chi connectivity index (χ0v) is 23.8. The van der Waals surface area contributed by atoms with E-state index in [0.29, 0.717) is 64.8 Å². The summed E-state index contributed by atoms with van der Waals surface area (Å²) >= 11 is 1.17. The molecular formula is C29H30N4O7S. The fraction of sp³-hybridized carbons (Fsp3) is 0.345. The highest BCUT2D eigenvalue weighted by molar-refractivity contribution is 7.07. The molecular weight excluding hydrogens is 548 g/mol. The Balaban J connectivity index is 1.69. The second kappa shape index (κ2) is 12.1. The number of ether oxygens (including phenoxy) is 3. The van der Waals surface area contributed by atoms with Crippen LogP contribution in [-0.2, 0) is 14.3 Å². The smallest absolute Gasteiger partial charge is 0.338 e. The monoisotopic (exact) mass is 578 g/mol. The van der Waals surface area contributed by atoms with Gasteiger partial charge in [0.1, 0.15) is 5.75 Å². The Bertz CT molecular complexity index is 1690. The summed E-state index contributed by atoms with van der Waals surface area (Å²) in [6, 6.07) is 11.1. The number of thiazole rings is 1. The first kappa shape index (κ1) is 28.2. The van der Waals surface area contributed by atoms with Gasteiger partial charge >= 0.3 is 5.97 Å². The van der Waals surface area contributed by atoms with E-state index in [-0.39, 0.29) is 23.4 Å². The number of aromatic nitrogens is 1. The van der Waals surface area contributed by atoms with Gasteiger partial charge in [-0.05, 0) is 50.6 Å². The zero-order valence-electron chi connectivity index (χ0n) is 23.0. The van der Waals surface area contributed by atoms with Crippen molar-refractivity contribution in [1.82, 2.24) is 4.57 Å². The molecule has 0 N–H and O–H groups in total. The molecule has 0 aliphatic carbocycles. The largest absolute Gasteiger partial charge is 0.494 e. The van der Waals surface area contributed by atoms with E-state index >= 15 is 0 Å². The van der Waals surface area contributed by atoms with Crippen molar-refractivity contribution < 1.29 is 23.9 Å². The van der Waals surface area contributed by atoms with Crippen molar-refractivity contribution >= 4 is 34.8 Å². The fourth-order valence-corrected chi connectivity index (χ4v) is 6.06. The highest BCUT2D eigenvalue weighted by atomic mass is 32.1. The van der Waals surface area contributed by atoms with E-state index < -0.39 is 16.9 Å². The first-order chi connectivity index (χ1) is 19.8. The lowest BCUT2D eigenvalue weighted by atomic mass is 9.96. The van der Waals surface area contributed by atoms with E-state index in [1.54, 1.807) is 38.1 Å². The van der Waals surface area contributed by atoms with Crippen LogP contribution in [0.1, 0.15) is 37.9 Å². The minimum atomic E-state index is -0.771. The predicted molar refractivity (Wildman–Crippen MR) is 154 cm³/mol. The lowest BCUT2D eigenvalue weighted by molar-refractivity contribution is -0.384. The van der Waals surface area contributed by atoms with Crippen molar-refractivity contribution in [2.45, 2.75) is 26.8 Å². The van der Waals surface area contributed by atoms with Crippen LogP contribution in [0.25, 0.3) is 6.08 Å². The van der Waals surface area contributed by atoms with E-state index in [4.69, 9.17) is 14.2 Å². The van der Waals surface area contributed by atoms with Crippen molar-refractivity contribution in [3.63, 3.8) is 0 Å². The second-order valence-corrected chi connectivity index (χ2v) is 10.4. The number of hydrogen-bond acceptors (Lipinski definition) is 10. The summed E-state index contributed by atoms with van der Waals surface area (Å²) in [5, 5.41) is 11.6. The molecule has 0 spiro atoms. The van der Waals surface area contributed by atoms with Crippen molar-refractivity contribution in [3.05, 3.63) is 94.7 Å². The summed E-state index contributed by atoms with van der Waals surface area (Å²) in [4.78, 5) is 45.4. The highest BCUT2D eigenvalue weighted by Gasteiger charge is 2.33. The highest BCUT2D eigenvalue weighted by Crippen LogP contribution is 2.32. The normalized spacial score (nSPS) is 17.2. The van der Waals surface area contributed by atoms with Gasteiger partial charge in [0.25, 0.3) is 11.2 Å². The number of fused-ring (bicyclic) bond motifs is 1. The molecule has 214 valence electrons. The van der Waals surface area contributed by atoms with Gasteiger partial charge in [0, 0.05) is 36.5 Å². The summed E-state index contributed by atoms with van der Waals surface area (Å²) in [6.45, 7) is 8.34. The minimum Gasteiger partial charge on any atom is -0.494 e. The molecule has 1 atom stereocenters. The summed E-state index contributed by atoms with van der Waals surface area (Å²) in [6.07, 6.45) is 1.67.